The van der Waals surface area contributed by atoms with Crippen LogP contribution >= 0.6 is 11.8 Å². The van der Waals surface area contributed by atoms with Crippen molar-refractivity contribution >= 4 is 29.1 Å². The third-order valence-corrected chi connectivity index (χ3v) is 5.29. The minimum Gasteiger partial charge on any atom is -0.272 e. The van der Waals surface area contributed by atoms with Crippen LogP contribution in [0, 0.1) is 27.4 Å². The number of hydrazone groups is 1. The number of nitrogens with one attached hydrogen (secondary N) is 1. The predicted octanol–water partition coefficient (Wildman–Crippen LogP) is 3.79. The van der Waals surface area contributed by atoms with Gasteiger partial charge in [-0.2, -0.15) is 10.4 Å². The van der Waals surface area contributed by atoms with Crippen molar-refractivity contribution in [3.8, 4) is 6.07 Å². The second-order valence-electron chi connectivity index (χ2n) is 6.19. The molecule has 0 saturated heterocycles. The molecular formula is C18H22N4O3S. The first-order valence-corrected chi connectivity index (χ1v) is 9.79. The molecule has 1 N–H and O–H groups in total. The van der Waals surface area contributed by atoms with Crippen molar-refractivity contribution in [1.82, 2.24) is 5.43 Å². The van der Waals surface area contributed by atoms with Gasteiger partial charge in [0.1, 0.15) is 0 Å². The second kappa shape index (κ2) is 10.6. The first-order chi connectivity index (χ1) is 12.6. The van der Waals surface area contributed by atoms with Gasteiger partial charge in [-0.05, 0) is 31.2 Å². The molecule has 0 spiro atoms. The van der Waals surface area contributed by atoms with Crippen molar-refractivity contribution in [1.29, 1.82) is 5.26 Å². The van der Waals surface area contributed by atoms with Crippen molar-refractivity contribution in [2.24, 2.45) is 11.0 Å². The molecule has 1 fully saturated rings. The second-order valence-corrected chi connectivity index (χ2v) is 7.18. The number of non-ortho nitro benzene ring substituents is 1. The van der Waals surface area contributed by atoms with Crippen LogP contribution in [0.4, 0.5) is 5.69 Å². The summed E-state index contributed by atoms with van der Waals surface area (Å²) < 4.78 is 0. The molecule has 1 aliphatic carbocycles. The first kappa shape index (κ1) is 19.9. The van der Waals surface area contributed by atoms with E-state index in [1.54, 1.807) is 12.1 Å². The molecule has 0 heterocycles. The molecule has 0 aromatic heterocycles. The summed E-state index contributed by atoms with van der Waals surface area (Å²) in [6.45, 7) is 0. The predicted molar refractivity (Wildman–Crippen MR) is 102 cm³/mol. The number of rotatable bonds is 8. The number of carbonyl (C=O) groups excluding carboxylic acids is 1. The van der Waals surface area contributed by atoms with Gasteiger partial charge in [0.15, 0.2) is 0 Å². The summed E-state index contributed by atoms with van der Waals surface area (Å²) in [7, 11) is 0. The number of hydrogen-bond donors (Lipinski definition) is 1. The summed E-state index contributed by atoms with van der Waals surface area (Å²) in [5.74, 6) is 1.02. The van der Waals surface area contributed by atoms with Crippen LogP contribution in [0.15, 0.2) is 29.4 Å². The van der Waals surface area contributed by atoms with E-state index in [1.807, 2.05) is 0 Å². The normalized spacial score (nSPS) is 18.3. The van der Waals surface area contributed by atoms with Gasteiger partial charge in [0, 0.05) is 35.9 Å². The Kier molecular flexibility index (Phi) is 8.09. The summed E-state index contributed by atoms with van der Waals surface area (Å²) in [6, 6.07) is 8.50. The molecule has 1 atom stereocenters. The number of nitrogens with zero attached hydrogens (tertiary/aromatic N) is 3. The van der Waals surface area contributed by atoms with E-state index in [-0.39, 0.29) is 17.3 Å². The largest absolute Gasteiger partial charge is 0.272 e. The Morgan fingerprint density at radius 2 is 2.15 bits per heavy atom. The Hall–Kier alpha value is -2.40. The van der Waals surface area contributed by atoms with Gasteiger partial charge in [0.05, 0.1) is 16.7 Å². The zero-order chi connectivity index (χ0) is 18.8. The number of nitro groups is 1. The van der Waals surface area contributed by atoms with Gasteiger partial charge in [-0.25, -0.2) is 5.43 Å². The highest BCUT2D eigenvalue weighted by atomic mass is 32.2. The molecule has 1 aromatic carbocycles. The van der Waals surface area contributed by atoms with E-state index < -0.39 is 4.92 Å². The van der Waals surface area contributed by atoms with Crippen molar-refractivity contribution in [2.75, 3.05) is 5.75 Å². The van der Waals surface area contributed by atoms with Crippen LogP contribution in [0.25, 0.3) is 0 Å². The summed E-state index contributed by atoms with van der Waals surface area (Å²) in [5.41, 5.74) is 4.62. The zero-order valence-corrected chi connectivity index (χ0v) is 15.3. The number of amides is 1. The molecule has 1 saturated carbocycles. The molecule has 1 aromatic rings. The first-order valence-electron chi connectivity index (χ1n) is 8.63. The molecular weight excluding hydrogens is 352 g/mol. The standard InChI is InChI=1S/C18H22N4O3S/c19-11-3-5-15-4-1-2-6-17(15)20-21-18(23)13-26-12-14-7-9-16(10-8-14)22(24)25/h7-10,15H,1-6,12-13H2,(H,21,23)/b20-17-/t15-/m0/s1. The van der Waals surface area contributed by atoms with Crippen LogP contribution in [-0.2, 0) is 10.5 Å². The highest BCUT2D eigenvalue weighted by Crippen LogP contribution is 2.25. The average molecular weight is 374 g/mol. The molecule has 2 rings (SSSR count). The Balaban J connectivity index is 1.75. The third kappa shape index (κ3) is 6.48. The fourth-order valence-corrected chi connectivity index (χ4v) is 3.69. The molecule has 1 amide bonds. The molecule has 0 aliphatic heterocycles. The molecule has 0 unspecified atom stereocenters. The fraction of sp³-hybridized carbons (Fsp3) is 0.500. The molecule has 26 heavy (non-hydrogen) atoms. The summed E-state index contributed by atoms with van der Waals surface area (Å²) in [5, 5.41) is 23.7. The number of thioether (sulfide) groups is 1. The summed E-state index contributed by atoms with van der Waals surface area (Å²) in [4.78, 5) is 22.1. The SMILES string of the molecule is N#CCC[C@@H]1CCCC/C1=N/NC(=O)CSCc1ccc([N+](=O)[O-])cc1. The van der Waals surface area contributed by atoms with E-state index in [4.69, 9.17) is 5.26 Å². The average Bonchev–Trinajstić information content (AvgIpc) is 2.65. The van der Waals surface area contributed by atoms with Gasteiger partial charge in [0.25, 0.3) is 5.69 Å². The van der Waals surface area contributed by atoms with Gasteiger partial charge in [-0.1, -0.05) is 18.6 Å². The van der Waals surface area contributed by atoms with Gasteiger partial charge in [-0.3, -0.25) is 14.9 Å². The van der Waals surface area contributed by atoms with Gasteiger partial charge in [-0.15, -0.1) is 11.8 Å². The van der Waals surface area contributed by atoms with Crippen molar-refractivity contribution < 1.29 is 9.72 Å². The Morgan fingerprint density at radius 1 is 1.38 bits per heavy atom. The van der Waals surface area contributed by atoms with Crippen molar-refractivity contribution in [2.45, 2.75) is 44.3 Å². The van der Waals surface area contributed by atoms with Crippen LogP contribution in [0.3, 0.4) is 0 Å². The number of nitriles is 1. The summed E-state index contributed by atoms with van der Waals surface area (Å²) in [6.07, 6.45) is 5.46. The maximum Gasteiger partial charge on any atom is 0.269 e. The van der Waals surface area contributed by atoms with E-state index in [2.05, 4.69) is 16.6 Å². The lowest BCUT2D eigenvalue weighted by molar-refractivity contribution is -0.384. The van der Waals surface area contributed by atoms with E-state index >= 15 is 0 Å². The van der Waals surface area contributed by atoms with Crippen LogP contribution in [0.5, 0.6) is 0 Å². The lowest BCUT2D eigenvalue weighted by atomic mass is 9.84. The van der Waals surface area contributed by atoms with Gasteiger partial charge >= 0.3 is 0 Å². The van der Waals surface area contributed by atoms with E-state index in [9.17, 15) is 14.9 Å². The van der Waals surface area contributed by atoms with E-state index in [1.165, 1.54) is 23.9 Å². The topological polar surface area (TPSA) is 108 Å². The zero-order valence-electron chi connectivity index (χ0n) is 14.5. The molecule has 7 nitrogen and oxygen atoms in total. The number of carbonyl (C=O) groups is 1. The smallest absolute Gasteiger partial charge is 0.269 e. The highest BCUT2D eigenvalue weighted by Gasteiger charge is 2.20. The van der Waals surface area contributed by atoms with Crippen molar-refractivity contribution in [3.63, 3.8) is 0 Å². The van der Waals surface area contributed by atoms with E-state index in [0.717, 1.165) is 43.4 Å². The molecule has 138 valence electrons. The molecule has 1 aliphatic rings. The quantitative estimate of drug-likeness (QED) is 0.550. The maximum absolute atomic E-state index is 12.0. The van der Waals surface area contributed by atoms with Crippen LogP contribution < -0.4 is 5.43 Å². The Bertz CT molecular complexity index is 697. The molecule has 8 heteroatoms. The van der Waals surface area contributed by atoms with Crippen LogP contribution in [0.2, 0.25) is 0 Å². The lowest BCUT2D eigenvalue weighted by Gasteiger charge is -2.23. The number of hydrogen-bond acceptors (Lipinski definition) is 6. The summed E-state index contributed by atoms with van der Waals surface area (Å²) >= 11 is 1.44. The van der Waals surface area contributed by atoms with Gasteiger partial charge < -0.3 is 0 Å². The van der Waals surface area contributed by atoms with Crippen LogP contribution in [0.1, 0.15) is 44.1 Å². The highest BCUT2D eigenvalue weighted by molar-refractivity contribution is 7.99. The molecule has 0 bridgehead atoms. The van der Waals surface area contributed by atoms with E-state index in [0.29, 0.717) is 18.1 Å². The fourth-order valence-electron chi connectivity index (χ4n) is 2.91. The Labute approximate surface area is 157 Å². The van der Waals surface area contributed by atoms with Gasteiger partial charge in [0.2, 0.25) is 5.91 Å². The monoisotopic (exact) mass is 374 g/mol. The third-order valence-electron chi connectivity index (χ3n) is 4.28. The Morgan fingerprint density at radius 3 is 2.85 bits per heavy atom. The number of benzene rings is 1. The van der Waals surface area contributed by atoms with Crippen LogP contribution in [-0.4, -0.2) is 22.3 Å². The number of nitro benzene ring substituents is 1. The molecule has 0 radical (unpaired) electrons. The minimum atomic E-state index is -0.432. The lowest BCUT2D eigenvalue weighted by Crippen LogP contribution is -2.26. The maximum atomic E-state index is 12.0. The van der Waals surface area contributed by atoms with Crippen molar-refractivity contribution in [3.05, 3.63) is 39.9 Å². The minimum absolute atomic E-state index is 0.0609.